The molecule has 1 aromatic rings. The van der Waals surface area contributed by atoms with E-state index in [9.17, 15) is 4.79 Å². The Labute approximate surface area is 186 Å². The highest BCUT2D eigenvalue weighted by Crippen LogP contribution is 2.36. The van der Waals surface area contributed by atoms with Gasteiger partial charge in [0.25, 0.3) is 5.91 Å². The molecule has 1 saturated heterocycles. The van der Waals surface area contributed by atoms with E-state index in [0.717, 1.165) is 29.9 Å². The topological polar surface area (TPSA) is 65.5 Å². The Balaban J connectivity index is 0.00000338. The van der Waals surface area contributed by atoms with Crippen molar-refractivity contribution in [3.63, 3.8) is 0 Å². The maximum absolute atomic E-state index is 12.0. The standard InChI is InChI=1S/C18H27BrN4OS.HI/c1-18(8-4-11-25-18)13-23-17(20-2)22-10-5-9-21-16(24)14-6-3-7-15(19)12-14;/h3,6-7,12H,4-5,8-11,13H2,1-2H3,(H,21,24)(H2,20,22,23);1H. The van der Waals surface area contributed by atoms with E-state index in [1.165, 1.54) is 18.6 Å². The molecule has 0 radical (unpaired) electrons. The van der Waals surface area contributed by atoms with Gasteiger partial charge in [-0.25, -0.2) is 0 Å². The lowest BCUT2D eigenvalue weighted by Crippen LogP contribution is -2.44. The van der Waals surface area contributed by atoms with Crippen LogP contribution in [0, 0.1) is 0 Å². The molecular formula is C18H28BrIN4OS. The van der Waals surface area contributed by atoms with E-state index in [1.54, 1.807) is 7.05 Å². The number of benzene rings is 1. The summed E-state index contributed by atoms with van der Waals surface area (Å²) in [6, 6.07) is 7.40. The van der Waals surface area contributed by atoms with Gasteiger partial charge in [0.2, 0.25) is 0 Å². The van der Waals surface area contributed by atoms with Crippen molar-refractivity contribution in [2.45, 2.75) is 30.9 Å². The van der Waals surface area contributed by atoms with E-state index < -0.39 is 0 Å². The van der Waals surface area contributed by atoms with Gasteiger partial charge >= 0.3 is 0 Å². The molecule has 5 nitrogen and oxygen atoms in total. The molecule has 1 aromatic carbocycles. The molecule has 1 atom stereocenters. The van der Waals surface area contributed by atoms with Gasteiger partial charge in [-0.1, -0.05) is 22.0 Å². The third-order valence-electron chi connectivity index (χ3n) is 4.17. The number of nitrogens with one attached hydrogen (secondary N) is 3. The Morgan fingerprint density at radius 2 is 2.08 bits per heavy atom. The number of thioether (sulfide) groups is 1. The first-order valence-corrected chi connectivity index (χ1v) is 10.4. The lowest BCUT2D eigenvalue weighted by Gasteiger charge is -2.24. The zero-order chi connectivity index (χ0) is 18.1. The second kappa shape index (κ2) is 12.1. The zero-order valence-corrected chi connectivity index (χ0v) is 20.0. The SMILES string of the molecule is CN=C(NCCCNC(=O)c1cccc(Br)c1)NCC1(C)CCCS1.I. The van der Waals surface area contributed by atoms with E-state index in [-0.39, 0.29) is 29.9 Å². The highest BCUT2D eigenvalue weighted by atomic mass is 127. The van der Waals surface area contributed by atoms with Crippen molar-refractivity contribution in [1.82, 2.24) is 16.0 Å². The van der Waals surface area contributed by atoms with E-state index in [4.69, 9.17) is 0 Å². The summed E-state index contributed by atoms with van der Waals surface area (Å²) in [7, 11) is 1.79. The van der Waals surface area contributed by atoms with Crippen LogP contribution in [0.2, 0.25) is 0 Å². The fourth-order valence-electron chi connectivity index (χ4n) is 2.70. The van der Waals surface area contributed by atoms with Gasteiger partial charge in [0.1, 0.15) is 0 Å². The maximum Gasteiger partial charge on any atom is 0.251 e. The fourth-order valence-corrected chi connectivity index (χ4v) is 4.34. The Morgan fingerprint density at radius 1 is 1.31 bits per heavy atom. The molecule has 0 spiro atoms. The zero-order valence-electron chi connectivity index (χ0n) is 15.3. The van der Waals surface area contributed by atoms with Gasteiger partial charge in [0.15, 0.2) is 5.96 Å². The van der Waals surface area contributed by atoms with Crippen molar-refractivity contribution in [3.8, 4) is 0 Å². The van der Waals surface area contributed by atoms with E-state index >= 15 is 0 Å². The molecule has 1 amide bonds. The van der Waals surface area contributed by atoms with Crippen molar-refractivity contribution >= 4 is 63.5 Å². The molecule has 146 valence electrons. The quantitative estimate of drug-likeness (QED) is 0.208. The molecule has 1 aliphatic rings. The minimum absolute atomic E-state index is 0. The summed E-state index contributed by atoms with van der Waals surface area (Å²) >= 11 is 5.41. The van der Waals surface area contributed by atoms with Gasteiger partial charge in [0, 0.05) is 41.5 Å². The van der Waals surface area contributed by atoms with Crippen LogP contribution >= 0.6 is 51.7 Å². The number of rotatable bonds is 7. The molecule has 2 rings (SSSR count). The minimum Gasteiger partial charge on any atom is -0.356 e. The number of nitrogens with zero attached hydrogens (tertiary/aromatic N) is 1. The first-order chi connectivity index (χ1) is 12.0. The molecule has 0 aromatic heterocycles. The van der Waals surface area contributed by atoms with E-state index in [1.807, 2.05) is 36.0 Å². The van der Waals surface area contributed by atoms with Crippen molar-refractivity contribution < 1.29 is 4.79 Å². The molecule has 1 unspecified atom stereocenters. The van der Waals surface area contributed by atoms with Crippen molar-refractivity contribution in [1.29, 1.82) is 0 Å². The summed E-state index contributed by atoms with van der Waals surface area (Å²) in [5, 5.41) is 9.65. The van der Waals surface area contributed by atoms with Crippen molar-refractivity contribution in [2.24, 2.45) is 4.99 Å². The van der Waals surface area contributed by atoms with Crippen LogP contribution in [-0.4, -0.2) is 49.0 Å². The predicted octanol–water partition coefficient (Wildman–Crippen LogP) is 3.64. The second-order valence-corrected chi connectivity index (χ2v) is 8.97. The molecule has 0 saturated carbocycles. The van der Waals surface area contributed by atoms with Crippen LogP contribution in [0.1, 0.15) is 36.5 Å². The summed E-state index contributed by atoms with van der Waals surface area (Å²) in [5.74, 6) is 2.03. The van der Waals surface area contributed by atoms with Crippen LogP contribution in [-0.2, 0) is 0 Å². The summed E-state index contributed by atoms with van der Waals surface area (Å²) in [5.41, 5.74) is 0.669. The summed E-state index contributed by atoms with van der Waals surface area (Å²) in [6.45, 7) is 4.63. The van der Waals surface area contributed by atoms with Crippen molar-refractivity contribution in [3.05, 3.63) is 34.3 Å². The number of aliphatic imine (C=N–C) groups is 1. The first kappa shape index (κ1) is 23.6. The monoisotopic (exact) mass is 554 g/mol. The molecule has 0 bridgehead atoms. The molecular weight excluding hydrogens is 527 g/mol. The van der Waals surface area contributed by atoms with Crippen LogP contribution in [0.5, 0.6) is 0 Å². The van der Waals surface area contributed by atoms with Crippen LogP contribution in [0.4, 0.5) is 0 Å². The average Bonchev–Trinajstić information content (AvgIpc) is 3.04. The lowest BCUT2D eigenvalue weighted by atomic mass is 10.1. The Hall–Kier alpha value is -0.480. The Bertz CT molecular complexity index is 609. The number of carbonyl (C=O) groups excluding carboxylic acids is 1. The van der Waals surface area contributed by atoms with E-state index in [0.29, 0.717) is 16.9 Å². The molecule has 0 aliphatic carbocycles. The van der Waals surface area contributed by atoms with Crippen LogP contribution in [0.3, 0.4) is 0 Å². The largest absolute Gasteiger partial charge is 0.356 e. The molecule has 1 heterocycles. The smallest absolute Gasteiger partial charge is 0.251 e. The highest BCUT2D eigenvalue weighted by molar-refractivity contribution is 14.0. The van der Waals surface area contributed by atoms with Crippen LogP contribution < -0.4 is 16.0 Å². The van der Waals surface area contributed by atoms with E-state index in [2.05, 4.69) is 43.8 Å². The molecule has 1 aliphatic heterocycles. The second-order valence-electron chi connectivity index (χ2n) is 6.37. The average molecular weight is 555 g/mol. The first-order valence-electron chi connectivity index (χ1n) is 8.65. The van der Waals surface area contributed by atoms with Gasteiger partial charge in [-0.15, -0.1) is 24.0 Å². The van der Waals surface area contributed by atoms with Crippen LogP contribution in [0.15, 0.2) is 33.7 Å². The number of hydrogen-bond donors (Lipinski definition) is 3. The Kier molecular flexibility index (Phi) is 10.9. The highest BCUT2D eigenvalue weighted by Gasteiger charge is 2.29. The Morgan fingerprint density at radius 3 is 2.73 bits per heavy atom. The fraction of sp³-hybridized carbons (Fsp3) is 0.556. The van der Waals surface area contributed by atoms with Gasteiger partial charge in [-0.3, -0.25) is 9.79 Å². The number of carbonyl (C=O) groups is 1. The summed E-state index contributed by atoms with van der Waals surface area (Å²) in [6.07, 6.45) is 3.39. The van der Waals surface area contributed by atoms with Gasteiger partial charge in [0.05, 0.1) is 0 Å². The molecule has 8 heteroatoms. The summed E-state index contributed by atoms with van der Waals surface area (Å²) in [4.78, 5) is 16.3. The van der Waals surface area contributed by atoms with Crippen LogP contribution in [0.25, 0.3) is 0 Å². The van der Waals surface area contributed by atoms with Gasteiger partial charge in [-0.2, -0.15) is 11.8 Å². The molecule has 1 fully saturated rings. The third kappa shape index (κ3) is 8.04. The number of halogens is 2. The number of guanidine groups is 1. The van der Waals surface area contributed by atoms with Gasteiger partial charge < -0.3 is 16.0 Å². The predicted molar refractivity (Wildman–Crippen MR) is 126 cm³/mol. The number of amides is 1. The molecule has 3 N–H and O–H groups in total. The lowest BCUT2D eigenvalue weighted by molar-refractivity contribution is 0.0953. The van der Waals surface area contributed by atoms with Gasteiger partial charge in [-0.05, 0) is 50.1 Å². The maximum atomic E-state index is 12.0. The third-order valence-corrected chi connectivity index (χ3v) is 6.20. The molecule has 26 heavy (non-hydrogen) atoms. The minimum atomic E-state index is -0.0463. The normalized spacial score (nSPS) is 19.6. The summed E-state index contributed by atoms with van der Waals surface area (Å²) < 4.78 is 1.22. The van der Waals surface area contributed by atoms with Crippen molar-refractivity contribution in [2.75, 3.05) is 32.4 Å². The number of hydrogen-bond acceptors (Lipinski definition) is 3.